The molecule has 2 heterocycles. The number of aromatic amines is 1. The number of nitrogens with zero attached hydrogens (tertiary/aromatic N) is 2. The Bertz CT molecular complexity index is 1170. The van der Waals surface area contributed by atoms with Crippen LogP contribution in [0.3, 0.4) is 0 Å². The van der Waals surface area contributed by atoms with Gasteiger partial charge < -0.3 is 4.57 Å². The first-order valence-corrected chi connectivity index (χ1v) is 8.59. The highest BCUT2D eigenvalue weighted by Crippen LogP contribution is 2.14. The van der Waals surface area contributed by atoms with Crippen LogP contribution in [0.15, 0.2) is 76.3 Å². The highest BCUT2D eigenvalue weighted by Gasteiger charge is 2.15. The van der Waals surface area contributed by atoms with Crippen LogP contribution in [0.25, 0.3) is 16.6 Å². The molecule has 5 nitrogen and oxygen atoms in total. The number of aromatic nitrogens is 3. The van der Waals surface area contributed by atoms with Gasteiger partial charge in [0.25, 0.3) is 11.1 Å². The molecule has 0 radical (unpaired) electrons. The highest BCUT2D eigenvalue weighted by atomic mass is 16.1. The number of benzene rings is 2. The van der Waals surface area contributed by atoms with E-state index < -0.39 is 0 Å². The van der Waals surface area contributed by atoms with Gasteiger partial charge in [-0.1, -0.05) is 48.5 Å². The van der Waals surface area contributed by atoms with E-state index in [0.29, 0.717) is 23.1 Å². The Morgan fingerprint density at radius 3 is 2.27 bits per heavy atom. The smallest absolute Gasteiger partial charge is 0.280 e. The molecule has 0 aliphatic rings. The number of fused-ring (bicyclic) bond motifs is 1. The summed E-state index contributed by atoms with van der Waals surface area (Å²) in [6, 6.07) is 20.9. The van der Waals surface area contributed by atoms with Gasteiger partial charge in [-0.25, -0.2) is 4.68 Å². The summed E-state index contributed by atoms with van der Waals surface area (Å²) in [5, 5.41) is 3.61. The average molecular weight is 345 g/mol. The van der Waals surface area contributed by atoms with Crippen molar-refractivity contribution >= 4 is 10.9 Å². The van der Waals surface area contributed by atoms with Gasteiger partial charge in [0.05, 0.1) is 16.6 Å². The molecular formula is C21H19N3O2. The first-order valence-electron chi connectivity index (χ1n) is 8.59. The van der Waals surface area contributed by atoms with Gasteiger partial charge in [-0.3, -0.25) is 14.7 Å². The maximum absolute atomic E-state index is 12.9. The molecule has 0 bridgehead atoms. The first-order chi connectivity index (χ1) is 12.6. The van der Waals surface area contributed by atoms with E-state index >= 15 is 0 Å². The summed E-state index contributed by atoms with van der Waals surface area (Å²) in [7, 11) is 0. The maximum Gasteiger partial charge on any atom is 0.280 e. The van der Waals surface area contributed by atoms with Crippen molar-refractivity contribution in [3.8, 4) is 5.69 Å². The van der Waals surface area contributed by atoms with Crippen molar-refractivity contribution in [1.82, 2.24) is 14.3 Å². The third-order valence-electron chi connectivity index (χ3n) is 4.70. The fourth-order valence-corrected chi connectivity index (χ4v) is 3.33. The highest BCUT2D eigenvalue weighted by molar-refractivity contribution is 5.80. The van der Waals surface area contributed by atoms with Gasteiger partial charge in [-0.05, 0) is 31.0 Å². The Kier molecular flexibility index (Phi) is 4.05. The number of para-hydroxylation sites is 1. The zero-order valence-corrected chi connectivity index (χ0v) is 14.5. The molecule has 1 N–H and O–H groups in total. The summed E-state index contributed by atoms with van der Waals surface area (Å²) >= 11 is 0. The van der Waals surface area contributed by atoms with Crippen LogP contribution in [0, 0.1) is 6.92 Å². The lowest BCUT2D eigenvalue weighted by Gasteiger charge is -2.10. The lowest BCUT2D eigenvalue weighted by atomic mass is 10.1. The predicted octanol–water partition coefficient (Wildman–Crippen LogP) is 3.03. The fourth-order valence-electron chi connectivity index (χ4n) is 3.33. The number of pyridine rings is 1. The Morgan fingerprint density at radius 1 is 0.923 bits per heavy atom. The van der Waals surface area contributed by atoms with Crippen LogP contribution in [0.1, 0.15) is 11.3 Å². The molecule has 2 aromatic heterocycles. The molecule has 0 aliphatic heterocycles. The summed E-state index contributed by atoms with van der Waals surface area (Å²) in [5.74, 6) is 0. The number of H-pyrrole nitrogens is 1. The largest absolute Gasteiger partial charge is 0.312 e. The molecule has 0 saturated carbocycles. The number of nitrogens with one attached hydrogen (secondary N) is 1. The molecule has 0 atom stereocenters. The molecule has 4 aromatic rings. The van der Waals surface area contributed by atoms with Crippen LogP contribution in [0.5, 0.6) is 0 Å². The van der Waals surface area contributed by atoms with Gasteiger partial charge in [0.2, 0.25) is 0 Å². The van der Waals surface area contributed by atoms with Crippen molar-refractivity contribution in [3.05, 3.63) is 98.7 Å². The van der Waals surface area contributed by atoms with Crippen LogP contribution in [-0.2, 0) is 13.0 Å². The van der Waals surface area contributed by atoms with Crippen molar-refractivity contribution in [2.75, 3.05) is 0 Å². The van der Waals surface area contributed by atoms with E-state index in [9.17, 15) is 9.59 Å². The fraction of sp³-hybridized carbons (Fsp3) is 0.143. The van der Waals surface area contributed by atoms with E-state index in [1.807, 2.05) is 67.6 Å². The maximum atomic E-state index is 12.9. The third kappa shape index (κ3) is 2.77. The molecule has 130 valence electrons. The molecule has 0 saturated heterocycles. The minimum absolute atomic E-state index is 0.104. The minimum atomic E-state index is -0.142. The zero-order chi connectivity index (χ0) is 18.1. The number of aryl methyl sites for hydroxylation is 2. The van der Waals surface area contributed by atoms with Crippen molar-refractivity contribution in [2.45, 2.75) is 19.9 Å². The Morgan fingerprint density at radius 2 is 1.58 bits per heavy atom. The number of hydrogen-bond donors (Lipinski definition) is 1. The van der Waals surface area contributed by atoms with E-state index in [4.69, 9.17) is 0 Å². The van der Waals surface area contributed by atoms with Crippen molar-refractivity contribution in [1.29, 1.82) is 0 Å². The quantitative estimate of drug-likeness (QED) is 0.618. The number of hydrogen-bond acceptors (Lipinski definition) is 2. The molecule has 5 heteroatoms. The molecule has 0 unspecified atom stereocenters. The molecule has 0 fully saturated rings. The average Bonchev–Trinajstić information content (AvgIpc) is 2.99. The second-order valence-corrected chi connectivity index (χ2v) is 6.33. The van der Waals surface area contributed by atoms with Gasteiger partial charge >= 0.3 is 0 Å². The van der Waals surface area contributed by atoms with Gasteiger partial charge in [0.15, 0.2) is 0 Å². The van der Waals surface area contributed by atoms with E-state index in [1.54, 1.807) is 4.57 Å². The lowest BCUT2D eigenvalue weighted by Crippen LogP contribution is -2.24. The first kappa shape index (κ1) is 16.1. The normalized spacial score (nSPS) is 11.1. The second-order valence-electron chi connectivity index (χ2n) is 6.33. The van der Waals surface area contributed by atoms with Crippen LogP contribution < -0.4 is 11.1 Å². The van der Waals surface area contributed by atoms with Gasteiger partial charge in [-0.15, -0.1) is 0 Å². The summed E-state index contributed by atoms with van der Waals surface area (Å²) in [5.41, 5.74) is 2.92. The molecule has 4 rings (SSSR count). The van der Waals surface area contributed by atoms with Crippen LogP contribution in [-0.4, -0.2) is 14.3 Å². The molecular weight excluding hydrogens is 326 g/mol. The summed E-state index contributed by atoms with van der Waals surface area (Å²) in [6.45, 7) is 2.37. The Labute approximate surface area is 150 Å². The Balaban J connectivity index is 1.80. The van der Waals surface area contributed by atoms with Gasteiger partial charge in [0.1, 0.15) is 0 Å². The van der Waals surface area contributed by atoms with Crippen molar-refractivity contribution in [2.24, 2.45) is 0 Å². The minimum Gasteiger partial charge on any atom is -0.312 e. The summed E-state index contributed by atoms with van der Waals surface area (Å²) in [6.07, 6.45) is 0.740. The second kappa shape index (κ2) is 6.52. The van der Waals surface area contributed by atoms with E-state index in [-0.39, 0.29) is 11.1 Å². The van der Waals surface area contributed by atoms with E-state index in [1.165, 1.54) is 10.7 Å². The van der Waals surface area contributed by atoms with Gasteiger partial charge in [-0.2, -0.15) is 0 Å². The van der Waals surface area contributed by atoms with Crippen molar-refractivity contribution in [3.63, 3.8) is 0 Å². The standard InChI is InChI=1S/C21H19N3O2/c1-15-20-18(22-24(21(20)26)17-10-6-3-7-11-17)14-19(25)23(15)13-12-16-8-4-2-5-9-16/h2-11,14,22H,12-13H2,1H3. The van der Waals surface area contributed by atoms with Crippen LogP contribution in [0.4, 0.5) is 0 Å². The molecule has 26 heavy (non-hydrogen) atoms. The zero-order valence-electron chi connectivity index (χ0n) is 14.5. The van der Waals surface area contributed by atoms with E-state index in [2.05, 4.69) is 5.10 Å². The Hall–Kier alpha value is -3.34. The SMILES string of the molecule is Cc1c2c(=O)n(-c3ccccc3)[nH]c2cc(=O)n1CCc1ccccc1. The lowest BCUT2D eigenvalue weighted by molar-refractivity contribution is 0.655. The van der Waals surface area contributed by atoms with E-state index in [0.717, 1.165) is 17.7 Å². The monoisotopic (exact) mass is 345 g/mol. The third-order valence-corrected chi connectivity index (χ3v) is 4.70. The van der Waals surface area contributed by atoms with Gasteiger partial charge in [0, 0.05) is 18.3 Å². The van der Waals surface area contributed by atoms with Crippen LogP contribution >= 0.6 is 0 Å². The molecule has 0 amide bonds. The topological polar surface area (TPSA) is 59.8 Å². The van der Waals surface area contributed by atoms with Crippen LogP contribution in [0.2, 0.25) is 0 Å². The molecule has 2 aromatic carbocycles. The number of rotatable bonds is 4. The summed E-state index contributed by atoms with van der Waals surface area (Å²) < 4.78 is 3.17. The molecule has 0 spiro atoms. The summed E-state index contributed by atoms with van der Waals surface area (Å²) in [4.78, 5) is 25.5. The van der Waals surface area contributed by atoms with Crippen molar-refractivity contribution < 1.29 is 0 Å². The molecule has 0 aliphatic carbocycles. The predicted molar refractivity (Wildman–Crippen MR) is 103 cm³/mol.